The Morgan fingerprint density at radius 2 is 2.00 bits per heavy atom. The summed E-state index contributed by atoms with van der Waals surface area (Å²) in [5.41, 5.74) is 7.17. The van der Waals surface area contributed by atoms with E-state index >= 15 is 0 Å². The third-order valence-electron chi connectivity index (χ3n) is 5.99. The summed E-state index contributed by atoms with van der Waals surface area (Å²) in [5, 5.41) is 1.44. The number of benzene rings is 1. The summed E-state index contributed by atoms with van der Waals surface area (Å²) in [6.07, 6.45) is 5.98. The molecule has 3 heteroatoms. The number of likely N-dealkylation sites (N-methyl/N-ethyl adjacent to an activating group) is 1. The van der Waals surface area contributed by atoms with Crippen LogP contribution < -0.4 is 0 Å². The van der Waals surface area contributed by atoms with E-state index in [0.29, 0.717) is 12.1 Å². The van der Waals surface area contributed by atoms with Crippen LogP contribution in [-0.2, 0) is 19.4 Å². The minimum atomic E-state index is 0.461. The largest absolute Gasteiger partial charge is 0.344 e. The Bertz CT molecular complexity index is 895. The van der Waals surface area contributed by atoms with E-state index in [1.807, 2.05) is 18.5 Å². The summed E-state index contributed by atoms with van der Waals surface area (Å²) in [7, 11) is 2.26. The zero-order valence-electron chi connectivity index (χ0n) is 15.7. The van der Waals surface area contributed by atoms with Crippen molar-refractivity contribution in [3.63, 3.8) is 0 Å². The molecule has 2 unspecified atom stereocenters. The molecule has 25 heavy (non-hydrogen) atoms. The zero-order chi connectivity index (χ0) is 17.6. The highest BCUT2D eigenvalue weighted by molar-refractivity contribution is 5.89. The van der Waals surface area contributed by atoms with E-state index < -0.39 is 0 Å². The first-order valence-electron chi connectivity index (χ1n) is 9.29. The minimum absolute atomic E-state index is 0.461. The summed E-state index contributed by atoms with van der Waals surface area (Å²) < 4.78 is 2.59. The van der Waals surface area contributed by atoms with Gasteiger partial charge in [-0.1, -0.05) is 24.3 Å². The van der Waals surface area contributed by atoms with Crippen LogP contribution in [0.3, 0.4) is 0 Å². The molecule has 0 N–H and O–H groups in total. The molecule has 0 saturated heterocycles. The third kappa shape index (κ3) is 2.67. The number of aromatic nitrogens is 2. The molecule has 1 aliphatic rings. The fourth-order valence-corrected chi connectivity index (χ4v) is 4.40. The van der Waals surface area contributed by atoms with Crippen LogP contribution in [0.2, 0.25) is 0 Å². The van der Waals surface area contributed by atoms with Gasteiger partial charge in [0, 0.05) is 48.5 Å². The van der Waals surface area contributed by atoms with E-state index in [1.165, 1.54) is 33.3 Å². The number of aryl methyl sites for hydroxylation is 3. The summed E-state index contributed by atoms with van der Waals surface area (Å²) in [6.45, 7) is 7.95. The molecular formula is C22H27N3. The lowest BCUT2D eigenvalue weighted by Crippen LogP contribution is -2.38. The molecule has 1 aliphatic heterocycles. The van der Waals surface area contributed by atoms with E-state index in [4.69, 9.17) is 0 Å². The van der Waals surface area contributed by atoms with Crippen LogP contribution in [0.4, 0.5) is 0 Å². The first kappa shape index (κ1) is 16.3. The molecule has 0 fully saturated rings. The van der Waals surface area contributed by atoms with Gasteiger partial charge in [-0.2, -0.15) is 0 Å². The normalized spacial score (nSPS) is 20.8. The van der Waals surface area contributed by atoms with Crippen LogP contribution >= 0.6 is 0 Å². The van der Waals surface area contributed by atoms with Gasteiger partial charge in [-0.15, -0.1) is 0 Å². The lowest BCUT2D eigenvalue weighted by Gasteiger charge is -2.36. The number of hydrogen-bond acceptors (Lipinski definition) is 2. The maximum Gasteiger partial charge on any atom is 0.0515 e. The van der Waals surface area contributed by atoms with Gasteiger partial charge in [-0.3, -0.25) is 9.88 Å². The second-order valence-electron chi connectivity index (χ2n) is 7.49. The first-order valence-corrected chi connectivity index (χ1v) is 9.29. The molecule has 2 atom stereocenters. The van der Waals surface area contributed by atoms with Crippen LogP contribution in [0.5, 0.6) is 0 Å². The molecule has 0 amide bonds. The average Bonchev–Trinajstić information content (AvgIpc) is 2.93. The van der Waals surface area contributed by atoms with Gasteiger partial charge in [0.2, 0.25) is 0 Å². The predicted octanol–water partition coefficient (Wildman–Crippen LogP) is 4.52. The minimum Gasteiger partial charge on any atom is -0.344 e. The van der Waals surface area contributed by atoms with E-state index in [0.717, 1.165) is 19.4 Å². The molecule has 0 radical (unpaired) electrons. The highest BCUT2D eigenvalue weighted by Crippen LogP contribution is 2.40. The maximum absolute atomic E-state index is 4.27. The van der Waals surface area contributed by atoms with Gasteiger partial charge >= 0.3 is 0 Å². The second kappa shape index (κ2) is 6.30. The van der Waals surface area contributed by atoms with Crippen LogP contribution in [0.15, 0.2) is 42.7 Å². The molecule has 2 aromatic heterocycles. The molecule has 3 aromatic rings. The van der Waals surface area contributed by atoms with E-state index in [9.17, 15) is 0 Å². The quantitative estimate of drug-likeness (QED) is 0.702. The Kier molecular flexibility index (Phi) is 4.12. The molecule has 4 rings (SSSR count). The van der Waals surface area contributed by atoms with Gasteiger partial charge in [0.05, 0.1) is 5.52 Å². The molecular weight excluding hydrogens is 306 g/mol. The fraction of sp³-hybridized carbons (Fsp3) is 0.409. The van der Waals surface area contributed by atoms with Crippen molar-refractivity contribution < 1.29 is 0 Å². The van der Waals surface area contributed by atoms with Crippen molar-refractivity contribution in [3.05, 3.63) is 65.1 Å². The van der Waals surface area contributed by atoms with Crippen LogP contribution in [0, 0.1) is 6.92 Å². The summed E-state index contributed by atoms with van der Waals surface area (Å²) in [4.78, 5) is 6.78. The van der Waals surface area contributed by atoms with Crippen molar-refractivity contribution in [1.29, 1.82) is 0 Å². The second-order valence-corrected chi connectivity index (χ2v) is 7.49. The number of fused-ring (bicyclic) bond motifs is 3. The van der Waals surface area contributed by atoms with Crippen LogP contribution in [0.25, 0.3) is 10.9 Å². The smallest absolute Gasteiger partial charge is 0.0515 e. The molecule has 0 saturated carbocycles. The lowest BCUT2D eigenvalue weighted by atomic mass is 9.93. The average molecular weight is 333 g/mol. The van der Waals surface area contributed by atoms with Gasteiger partial charge in [0.25, 0.3) is 0 Å². The van der Waals surface area contributed by atoms with Crippen molar-refractivity contribution in [3.8, 4) is 0 Å². The SMILES string of the molecule is Cc1cccc2c3c(n(CCc4cccnc4)c12)CC(C)N(C)C3C. The van der Waals surface area contributed by atoms with Crippen molar-refractivity contribution in [1.82, 2.24) is 14.5 Å². The summed E-state index contributed by atoms with van der Waals surface area (Å²) in [5.74, 6) is 0. The number of para-hydroxylation sites is 1. The third-order valence-corrected chi connectivity index (χ3v) is 5.99. The molecule has 0 aliphatic carbocycles. The molecule has 0 bridgehead atoms. The highest BCUT2D eigenvalue weighted by atomic mass is 15.2. The number of rotatable bonds is 3. The van der Waals surface area contributed by atoms with Crippen molar-refractivity contribution in [2.24, 2.45) is 0 Å². The van der Waals surface area contributed by atoms with E-state index in [-0.39, 0.29) is 0 Å². The zero-order valence-corrected chi connectivity index (χ0v) is 15.7. The standard InChI is InChI=1S/C22H27N3/c1-15-7-5-9-19-21-17(3)24(4)16(2)13-20(21)25(22(15)19)12-10-18-8-6-11-23-14-18/h5-9,11,14,16-17H,10,12-13H2,1-4H3. The Hall–Kier alpha value is -2.13. The van der Waals surface area contributed by atoms with Gasteiger partial charge in [-0.25, -0.2) is 0 Å². The molecule has 1 aromatic carbocycles. The fourth-order valence-electron chi connectivity index (χ4n) is 4.40. The van der Waals surface area contributed by atoms with Gasteiger partial charge in [0.15, 0.2) is 0 Å². The number of pyridine rings is 1. The van der Waals surface area contributed by atoms with Gasteiger partial charge in [-0.05, 0) is 57.0 Å². The lowest BCUT2D eigenvalue weighted by molar-refractivity contribution is 0.177. The predicted molar refractivity (Wildman–Crippen MR) is 104 cm³/mol. The van der Waals surface area contributed by atoms with Gasteiger partial charge in [0.1, 0.15) is 0 Å². The monoisotopic (exact) mass is 333 g/mol. The first-order chi connectivity index (χ1) is 12.1. The summed E-state index contributed by atoms with van der Waals surface area (Å²) >= 11 is 0. The summed E-state index contributed by atoms with van der Waals surface area (Å²) in [6, 6.07) is 12.0. The van der Waals surface area contributed by atoms with Crippen LogP contribution in [0.1, 0.15) is 42.3 Å². The number of nitrogens with zero attached hydrogens (tertiary/aromatic N) is 3. The van der Waals surface area contributed by atoms with Gasteiger partial charge < -0.3 is 4.57 Å². The van der Waals surface area contributed by atoms with Crippen molar-refractivity contribution in [2.45, 2.75) is 52.2 Å². The topological polar surface area (TPSA) is 21.1 Å². The van der Waals surface area contributed by atoms with E-state index in [2.05, 4.69) is 66.5 Å². The Balaban J connectivity index is 1.84. The van der Waals surface area contributed by atoms with Crippen LogP contribution in [-0.4, -0.2) is 27.5 Å². The van der Waals surface area contributed by atoms with Crippen molar-refractivity contribution in [2.75, 3.05) is 7.05 Å². The Morgan fingerprint density at radius 3 is 2.76 bits per heavy atom. The number of hydrogen-bond donors (Lipinski definition) is 0. The molecule has 0 spiro atoms. The Morgan fingerprint density at radius 1 is 1.16 bits per heavy atom. The molecule has 130 valence electrons. The molecule has 3 nitrogen and oxygen atoms in total. The highest BCUT2D eigenvalue weighted by Gasteiger charge is 2.31. The van der Waals surface area contributed by atoms with E-state index in [1.54, 1.807) is 0 Å². The maximum atomic E-state index is 4.27. The van der Waals surface area contributed by atoms with Crippen molar-refractivity contribution >= 4 is 10.9 Å². The molecule has 3 heterocycles. The Labute approximate surface area is 150 Å².